The summed E-state index contributed by atoms with van der Waals surface area (Å²) in [6, 6.07) is 6.86. The van der Waals surface area contributed by atoms with Crippen LogP contribution in [0.25, 0.3) is 6.20 Å². The highest BCUT2D eigenvalue weighted by Gasteiger charge is 2.15. The van der Waals surface area contributed by atoms with Gasteiger partial charge in [-0.15, -0.1) is 0 Å². The Morgan fingerprint density at radius 1 is 1.42 bits per heavy atom. The molecule has 1 heterocycles. The lowest BCUT2D eigenvalue weighted by atomic mass is 10.1. The van der Waals surface area contributed by atoms with Gasteiger partial charge in [0.05, 0.1) is 16.0 Å². The first-order chi connectivity index (χ1) is 10.9. The molecule has 6 nitrogen and oxygen atoms in total. The molecule has 0 radical (unpaired) electrons. The summed E-state index contributed by atoms with van der Waals surface area (Å²) in [5.74, 6) is -0.293. The topological polar surface area (TPSA) is 84.3 Å². The maximum atomic E-state index is 12.2. The van der Waals surface area contributed by atoms with E-state index in [1.54, 1.807) is 29.2 Å². The predicted octanol–water partition coefficient (Wildman–Crippen LogP) is 0.321. The van der Waals surface area contributed by atoms with Gasteiger partial charge in [-0.3, -0.25) is 14.9 Å². The second kappa shape index (κ2) is 8.68. The van der Waals surface area contributed by atoms with E-state index in [1.807, 2.05) is 0 Å². The van der Waals surface area contributed by atoms with Crippen LogP contribution in [-0.4, -0.2) is 22.1 Å². The zero-order chi connectivity index (χ0) is 17.0. The minimum Gasteiger partial charge on any atom is -1.00 e. The highest BCUT2D eigenvalue weighted by Crippen LogP contribution is 2.24. The number of carbonyl (C=O) groups is 1. The van der Waals surface area contributed by atoms with Gasteiger partial charge < -0.3 is 17.5 Å². The third-order valence-electron chi connectivity index (χ3n) is 2.96. The summed E-state index contributed by atoms with van der Waals surface area (Å²) in [5.41, 5.74) is -0.0115. The zero-order valence-corrected chi connectivity index (χ0v) is 14.7. The van der Waals surface area contributed by atoms with Crippen LogP contribution in [0.3, 0.4) is 0 Å². The molecule has 2 aromatic rings. The molecule has 0 spiro atoms. The molecule has 0 saturated heterocycles. The van der Waals surface area contributed by atoms with Gasteiger partial charge in [0.15, 0.2) is 23.9 Å². The Morgan fingerprint density at radius 3 is 2.71 bits per heavy atom. The fourth-order valence-electron chi connectivity index (χ4n) is 1.88. The van der Waals surface area contributed by atoms with E-state index in [0.29, 0.717) is 5.03 Å². The highest BCUT2D eigenvalue weighted by molar-refractivity contribution is 7.98. The van der Waals surface area contributed by atoms with E-state index in [1.165, 1.54) is 36.2 Å². The van der Waals surface area contributed by atoms with Crippen LogP contribution in [0.15, 0.2) is 47.6 Å². The van der Waals surface area contributed by atoms with Gasteiger partial charge in [-0.2, -0.15) is 4.57 Å². The van der Waals surface area contributed by atoms with Crippen molar-refractivity contribution < 1.29 is 31.8 Å². The SMILES string of the molecule is CSc1c(O)ccc[n+]1/C=C/C(=O)c1ccc([N+](=O)[O-])cc1Cl.[Cl-]. The molecule has 0 unspecified atom stereocenters. The van der Waals surface area contributed by atoms with Gasteiger partial charge in [-0.25, -0.2) is 0 Å². The molecule has 24 heavy (non-hydrogen) atoms. The van der Waals surface area contributed by atoms with Crippen LogP contribution in [0, 0.1) is 10.1 Å². The third kappa shape index (κ3) is 4.47. The maximum absolute atomic E-state index is 12.2. The Labute approximate surface area is 153 Å². The summed E-state index contributed by atoms with van der Waals surface area (Å²) >= 11 is 7.25. The molecular weight excluding hydrogens is 375 g/mol. The molecule has 126 valence electrons. The lowest BCUT2D eigenvalue weighted by Crippen LogP contribution is -3.00. The van der Waals surface area contributed by atoms with Crippen LogP contribution < -0.4 is 17.0 Å². The van der Waals surface area contributed by atoms with E-state index >= 15 is 0 Å². The number of halogens is 2. The molecule has 0 bridgehead atoms. The molecule has 9 heteroatoms. The average Bonchev–Trinajstić information content (AvgIpc) is 2.52. The van der Waals surface area contributed by atoms with Crippen molar-refractivity contribution in [3.8, 4) is 5.75 Å². The number of hydrogen-bond acceptors (Lipinski definition) is 5. The number of nitrogens with zero attached hydrogens (tertiary/aromatic N) is 2. The van der Waals surface area contributed by atoms with Crippen molar-refractivity contribution in [2.45, 2.75) is 5.03 Å². The average molecular weight is 387 g/mol. The van der Waals surface area contributed by atoms with Gasteiger partial charge in [0.25, 0.3) is 10.7 Å². The molecule has 0 aliphatic heterocycles. The van der Waals surface area contributed by atoms with Gasteiger partial charge in [-0.1, -0.05) is 23.4 Å². The molecule has 0 fully saturated rings. The lowest BCUT2D eigenvalue weighted by Gasteiger charge is -2.00. The fraction of sp³-hybridized carbons (Fsp3) is 0.0667. The van der Waals surface area contributed by atoms with Crippen LogP contribution in [-0.2, 0) is 0 Å². The van der Waals surface area contributed by atoms with Crippen molar-refractivity contribution >= 4 is 41.0 Å². The molecular formula is C15H12Cl2N2O4S. The van der Waals surface area contributed by atoms with Crippen molar-refractivity contribution in [1.29, 1.82) is 0 Å². The number of ketones is 1. The summed E-state index contributed by atoms with van der Waals surface area (Å²) in [6.45, 7) is 0. The Morgan fingerprint density at radius 2 is 2.12 bits per heavy atom. The van der Waals surface area contributed by atoms with Gasteiger partial charge in [0.2, 0.25) is 0 Å². The van der Waals surface area contributed by atoms with E-state index < -0.39 is 10.7 Å². The van der Waals surface area contributed by atoms with E-state index in [4.69, 9.17) is 11.6 Å². The third-order valence-corrected chi connectivity index (χ3v) is 4.08. The van der Waals surface area contributed by atoms with E-state index in [9.17, 15) is 20.0 Å². The molecule has 2 rings (SSSR count). The Hall–Kier alpha value is -2.09. The monoisotopic (exact) mass is 386 g/mol. The number of nitro benzene ring substituents is 1. The predicted molar refractivity (Wildman–Crippen MR) is 87.8 cm³/mol. The quantitative estimate of drug-likeness (QED) is 0.200. The van der Waals surface area contributed by atoms with E-state index in [-0.39, 0.29) is 34.4 Å². The van der Waals surface area contributed by atoms with Crippen LogP contribution in [0.1, 0.15) is 10.4 Å². The lowest BCUT2D eigenvalue weighted by molar-refractivity contribution is -0.610. The number of nitro groups is 1. The van der Waals surface area contributed by atoms with Crippen molar-refractivity contribution in [2.75, 3.05) is 6.26 Å². The number of allylic oxidation sites excluding steroid dienone is 1. The van der Waals surface area contributed by atoms with Gasteiger partial charge in [0, 0.05) is 23.8 Å². The minimum absolute atomic E-state index is 0. The molecule has 1 N–H and O–H groups in total. The van der Waals surface area contributed by atoms with Gasteiger partial charge >= 0.3 is 0 Å². The molecule has 0 amide bonds. The Kier molecular flexibility index (Phi) is 7.21. The largest absolute Gasteiger partial charge is 1.00 e. The first-order valence-corrected chi connectivity index (χ1v) is 7.98. The highest BCUT2D eigenvalue weighted by atomic mass is 35.5. The van der Waals surface area contributed by atoms with Crippen LogP contribution in [0.2, 0.25) is 5.02 Å². The van der Waals surface area contributed by atoms with E-state index in [0.717, 1.165) is 6.07 Å². The molecule has 1 aromatic heterocycles. The van der Waals surface area contributed by atoms with Crippen molar-refractivity contribution in [3.05, 3.63) is 63.3 Å². The first kappa shape index (κ1) is 20.0. The number of pyridine rings is 1. The van der Waals surface area contributed by atoms with Crippen molar-refractivity contribution in [1.82, 2.24) is 0 Å². The summed E-state index contributed by atoms with van der Waals surface area (Å²) < 4.78 is 1.59. The molecule has 1 aromatic carbocycles. The second-order valence-corrected chi connectivity index (χ2v) is 5.61. The number of aromatic nitrogens is 1. The summed E-state index contributed by atoms with van der Waals surface area (Å²) in [4.78, 5) is 22.3. The Bertz CT molecular complexity index is 812. The smallest absolute Gasteiger partial charge is 0.287 e. The number of carbonyl (C=O) groups excluding carboxylic acids is 1. The van der Waals surface area contributed by atoms with Crippen molar-refractivity contribution in [3.63, 3.8) is 0 Å². The normalized spacial score (nSPS) is 10.4. The van der Waals surface area contributed by atoms with E-state index in [2.05, 4.69) is 0 Å². The molecule has 0 atom stereocenters. The van der Waals surface area contributed by atoms with Crippen LogP contribution in [0.5, 0.6) is 5.75 Å². The number of rotatable bonds is 5. The zero-order valence-electron chi connectivity index (χ0n) is 12.3. The molecule has 0 aliphatic rings. The summed E-state index contributed by atoms with van der Waals surface area (Å²) in [6.07, 6.45) is 6.26. The number of hydrogen-bond donors (Lipinski definition) is 1. The molecule has 0 aliphatic carbocycles. The standard InChI is InChI=1S/C15H11ClN2O4S.ClH/c1-23-15-14(20)3-2-7-17(15)8-6-13(19)11-5-4-10(18(21)22)9-12(11)16;/h2-9H,1H3;1H/b8-6+;. The number of non-ortho nitro benzene ring substituents is 1. The van der Waals surface area contributed by atoms with Crippen LogP contribution >= 0.6 is 23.4 Å². The van der Waals surface area contributed by atoms with Crippen LogP contribution in [0.4, 0.5) is 5.69 Å². The van der Waals surface area contributed by atoms with Crippen molar-refractivity contribution in [2.24, 2.45) is 0 Å². The Balaban J connectivity index is 0.00000288. The fourth-order valence-corrected chi connectivity index (χ4v) is 2.76. The summed E-state index contributed by atoms with van der Waals surface area (Å²) in [5, 5.41) is 21.0. The first-order valence-electron chi connectivity index (χ1n) is 6.37. The number of aromatic hydroxyl groups is 1. The number of thioether (sulfide) groups is 1. The summed E-state index contributed by atoms with van der Waals surface area (Å²) in [7, 11) is 0. The minimum atomic E-state index is -0.580. The molecule has 0 saturated carbocycles. The second-order valence-electron chi connectivity index (χ2n) is 4.41. The maximum Gasteiger partial charge on any atom is 0.287 e. The van der Waals surface area contributed by atoms with Gasteiger partial charge in [0.1, 0.15) is 0 Å². The van der Waals surface area contributed by atoms with Gasteiger partial charge in [-0.05, 0) is 18.4 Å². The number of benzene rings is 1.